The molecule has 0 aromatic carbocycles. The number of halogens is 2. The summed E-state index contributed by atoms with van der Waals surface area (Å²) >= 11 is 0. The van der Waals surface area contributed by atoms with E-state index in [0.717, 1.165) is 32.2 Å². The van der Waals surface area contributed by atoms with Crippen LogP contribution >= 0.6 is 0 Å². The van der Waals surface area contributed by atoms with Crippen molar-refractivity contribution in [3.8, 4) is 0 Å². The van der Waals surface area contributed by atoms with Gasteiger partial charge in [0.1, 0.15) is 6.10 Å². The third-order valence-electron chi connectivity index (χ3n) is 3.45. The Balaban J connectivity index is 2.54. The summed E-state index contributed by atoms with van der Waals surface area (Å²) in [6.45, 7) is 3.08. The van der Waals surface area contributed by atoms with E-state index in [1.54, 1.807) is 0 Å². The van der Waals surface area contributed by atoms with Gasteiger partial charge in [-0.25, -0.2) is 8.78 Å². The zero-order valence-corrected chi connectivity index (χ0v) is 10.7. The first-order valence-corrected chi connectivity index (χ1v) is 6.47. The molecule has 0 aromatic rings. The third-order valence-corrected chi connectivity index (χ3v) is 3.45. The standard InChI is InChI=1S/C12H22F2N2O2/c1-2-4-12(5-3-6-15-8-12)11(18)16-7-9(17)10(13)14/h9-10,15,17H,2-8H2,1H3,(H,16,18). The molecule has 0 radical (unpaired) electrons. The number of nitrogens with one attached hydrogen (secondary N) is 2. The van der Waals surface area contributed by atoms with Gasteiger partial charge in [-0.3, -0.25) is 4.79 Å². The molecule has 1 amide bonds. The van der Waals surface area contributed by atoms with Crippen LogP contribution in [0.3, 0.4) is 0 Å². The van der Waals surface area contributed by atoms with Crippen LogP contribution in [0.2, 0.25) is 0 Å². The van der Waals surface area contributed by atoms with Gasteiger partial charge in [-0.2, -0.15) is 0 Å². The SMILES string of the molecule is CCCC1(C(=O)NCC(O)C(F)F)CCCNC1. The van der Waals surface area contributed by atoms with Crippen molar-refractivity contribution < 1.29 is 18.7 Å². The average Bonchev–Trinajstić information content (AvgIpc) is 2.36. The molecule has 0 aromatic heterocycles. The fraction of sp³-hybridized carbons (Fsp3) is 0.917. The number of amides is 1. The fourth-order valence-electron chi connectivity index (χ4n) is 2.44. The van der Waals surface area contributed by atoms with Crippen LogP contribution in [0, 0.1) is 5.41 Å². The van der Waals surface area contributed by atoms with Gasteiger partial charge in [-0.1, -0.05) is 13.3 Å². The lowest BCUT2D eigenvalue weighted by atomic mass is 9.76. The molecule has 3 N–H and O–H groups in total. The topological polar surface area (TPSA) is 61.4 Å². The van der Waals surface area contributed by atoms with Crippen LogP contribution in [-0.4, -0.2) is 43.2 Å². The van der Waals surface area contributed by atoms with E-state index in [4.69, 9.17) is 5.11 Å². The third kappa shape index (κ3) is 3.88. The number of rotatable bonds is 6. The molecule has 0 aliphatic carbocycles. The van der Waals surface area contributed by atoms with Gasteiger partial charge in [-0.05, 0) is 25.8 Å². The highest BCUT2D eigenvalue weighted by Crippen LogP contribution is 2.31. The molecule has 4 nitrogen and oxygen atoms in total. The minimum absolute atomic E-state index is 0.226. The molecule has 1 aliphatic heterocycles. The lowest BCUT2D eigenvalue weighted by Crippen LogP contribution is -2.52. The fourth-order valence-corrected chi connectivity index (χ4v) is 2.44. The molecule has 0 spiro atoms. The van der Waals surface area contributed by atoms with E-state index in [1.165, 1.54) is 0 Å². The molecule has 2 unspecified atom stereocenters. The summed E-state index contributed by atoms with van der Waals surface area (Å²) in [4.78, 5) is 12.1. The van der Waals surface area contributed by atoms with Gasteiger partial charge in [0.05, 0.1) is 5.41 Å². The number of hydrogen-bond acceptors (Lipinski definition) is 3. The van der Waals surface area contributed by atoms with Crippen LogP contribution in [0.1, 0.15) is 32.6 Å². The Hall–Kier alpha value is -0.750. The van der Waals surface area contributed by atoms with E-state index in [9.17, 15) is 13.6 Å². The first-order valence-electron chi connectivity index (χ1n) is 6.47. The minimum atomic E-state index is -2.82. The second kappa shape index (κ2) is 6.99. The van der Waals surface area contributed by atoms with E-state index in [-0.39, 0.29) is 12.5 Å². The molecule has 2 atom stereocenters. The Bertz CT molecular complexity index is 263. The molecular weight excluding hydrogens is 242 g/mol. The maximum Gasteiger partial charge on any atom is 0.265 e. The molecule has 0 saturated carbocycles. The van der Waals surface area contributed by atoms with Crippen LogP contribution in [-0.2, 0) is 4.79 Å². The average molecular weight is 264 g/mol. The summed E-state index contributed by atoms with van der Waals surface area (Å²) in [6, 6.07) is 0. The summed E-state index contributed by atoms with van der Waals surface area (Å²) in [6.07, 6.45) is -1.33. The molecule has 0 bridgehead atoms. The second-order valence-electron chi connectivity index (χ2n) is 4.92. The molecule has 1 fully saturated rings. The van der Waals surface area contributed by atoms with Crippen molar-refractivity contribution in [3.05, 3.63) is 0 Å². The Morgan fingerprint density at radius 3 is 2.78 bits per heavy atom. The second-order valence-corrected chi connectivity index (χ2v) is 4.92. The van der Waals surface area contributed by atoms with Crippen molar-refractivity contribution >= 4 is 5.91 Å². The van der Waals surface area contributed by atoms with Gasteiger partial charge >= 0.3 is 0 Å². The van der Waals surface area contributed by atoms with Crippen LogP contribution < -0.4 is 10.6 Å². The van der Waals surface area contributed by atoms with Gasteiger partial charge < -0.3 is 15.7 Å². The van der Waals surface area contributed by atoms with Gasteiger partial charge in [0.15, 0.2) is 0 Å². The van der Waals surface area contributed by atoms with E-state index in [0.29, 0.717) is 6.54 Å². The zero-order valence-electron chi connectivity index (χ0n) is 10.7. The lowest BCUT2D eigenvalue weighted by Gasteiger charge is -2.36. The number of carbonyl (C=O) groups excluding carboxylic acids is 1. The molecular formula is C12H22F2N2O2. The van der Waals surface area contributed by atoms with E-state index in [2.05, 4.69) is 10.6 Å². The highest BCUT2D eigenvalue weighted by molar-refractivity contribution is 5.83. The van der Waals surface area contributed by atoms with Gasteiger partial charge in [0, 0.05) is 13.1 Å². The van der Waals surface area contributed by atoms with E-state index < -0.39 is 17.9 Å². The van der Waals surface area contributed by atoms with Gasteiger partial charge in [0.2, 0.25) is 5.91 Å². The highest BCUT2D eigenvalue weighted by Gasteiger charge is 2.38. The summed E-state index contributed by atoms with van der Waals surface area (Å²) < 4.78 is 24.3. The smallest absolute Gasteiger partial charge is 0.265 e. The largest absolute Gasteiger partial charge is 0.385 e. The van der Waals surface area contributed by atoms with Crippen molar-refractivity contribution in [3.63, 3.8) is 0 Å². The first-order chi connectivity index (χ1) is 8.52. The molecule has 1 aliphatic rings. The highest BCUT2D eigenvalue weighted by atomic mass is 19.3. The summed E-state index contributed by atoms with van der Waals surface area (Å²) in [7, 11) is 0. The van der Waals surface area contributed by atoms with Crippen molar-refractivity contribution in [2.45, 2.75) is 45.1 Å². The van der Waals surface area contributed by atoms with Crippen LogP contribution in [0.15, 0.2) is 0 Å². The Morgan fingerprint density at radius 1 is 1.56 bits per heavy atom. The Morgan fingerprint density at radius 2 is 2.28 bits per heavy atom. The quantitative estimate of drug-likeness (QED) is 0.668. The van der Waals surface area contributed by atoms with Crippen molar-refractivity contribution in [2.24, 2.45) is 5.41 Å². The maximum atomic E-state index is 12.2. The number of aliphatic hydroxyl groups is 1. The predicted molar refractivity (Wildman–Crippen MR) is 64.5 cm³/mol. The zero-order chi connectivity index (χ0) is 13.6. The van der Waals surface area contributed by atoms with E-state index in [1.807, 2.05) is 6.92 Å². The van der Waals surface area contributed by atoms with E-state index >= 15 is 0 Å². The van der Waals surface area contributed by atoms with Crippen LogP contribution in [0.4, 0.5) is 8.78 Å². The number of carbonyl (C=O) groups is 1. The van der Waals surface area contributed by atoms with Crippen molar-refractivity contribution in [2.75, 3.05) is 19.6 Å². The monoisotopic (exact) mass is 264 g/mol. The van der Waals surface area contributed by atoms with Crippen LogP contribution in [0.25, 0.3) is 0 Å². The normalized spacial score (nSPS) is 26.1. The Kier molecular flexibility index (Phi) is 5.95. The van der Waals surface area contributed by atoms with Crippen molar-refractivity contribution in [1.29, 1.82) is 0 Å². The maximum absolute atomic E-state index is 12.2. The molecule has 6 heteroatoms. The lowest BCUT2D eigenvalue weighted by molar-refractivity contribution is -0.133. The molecule has 1 rings (SSSR count). The number of alkyl halides is 2. The summed E-state index contributed by atoms with van der Waals surface area (Å²) in [5.74, 6) is -0.226. The summed E-state index contributed by atoms with van der Waals surface area (Å²) in [5.41, 5.74) is -0.505. The molecule has 18 heavy (non-hydrogen) atoms. The molecule has 1 saturated heterocycles. The van der Waals surface area contributed by atoms with Gasteiger partial charge in [-0.15, -0.1) is 0 Å². The Labute approximate surface area is 106 Å². The molecule has 106 valence electrons. The minimum Gasteiger partial charge on any atom is -0.385 e. The summed E-state index contributed by atoms with van der Waals surface area (Å²) in [5, 5.41) is 14.6. The number of aliphatic hydroxyl groups excluding tert-OH is 1. The first kappa shape index (κ1) is 15.3. The van der Waals surface area contributed by atoms with Crippen LogP contribution in [0.5, 0.6) is 0 Å². The number of hydrogen-bond donors (Lipinski definition) is 3. The van der Waals surface area contributed by atoms with Crippen molar-refractivity contribution in [1.82, 2.24) is 10.6 Å². The van der Waals surface area contributed by atoms with Gasteiger partial charge in [0.25, 0.3) is 6.43 Å². The number of piperidine rings is 1. The predicted octanol–water partition coefficient (Wildman–Crippen LogP) is 0.899. The molecule has 1 heterocycles.